The molecule has 2 unspecified atom stereocenters. The number of hydrogen-bond acceptors (Lipinski definition) is 4. The van der Waals surface area contributed by atoms with Crippen LogP contribution in [0.25, 0.3) is 11.2 Å². The van der Waals surface area contributed by atoms with E-state index in [2.05, 4.69) is 15.3 Å². The highest BCUT2D eigenvalue weighted by molar-refractivity contribution is 5.70. The molecule has 22 heavy (non-hydrogen) atoms. The van der Waals surface area contributed by atoms with Crippen LogP contribution in [0.15, 0.2) is 9.59 Å². The van der Waals surface area contributed by atoms with Gasteiger partial charge in [-0.05, 0) is 39.7 Å². The largest absolute Gasteiger partial charge is 0.335 e. The molecule has 1 fully saturated rings. The van der Waals surface area contributed by atoms with Gasteiger partial charge in [0.05, 0.1) is 6.04 Å². The fraction of sp³-hybridized carbons (Fsp3) is 0.667. The van der Waals surface area contributed by atoms with E-state index in [9.17, 15) is 9.59 Å². The molecule has 0 bridgehead atoms. The minimum Gasteiger partial charge on any atom is -0.335 e. The molecule has 0 saturated carbocycles. The molecule has 1 aliphatic heterocycles. The van der Waals surface area contributed by atoms with Crippen LogP contribution in [0.2, 0.25) is 0 Å². The highest BCUT2D eigenvalue weighted by Gasteiger charge is 2.24. The van der Waals surface area contributed by atoms with E-state index in [1.54, 1.807) is 4.57 Å². The Hall–Kier alpha value is -1.89. The van der Waals surface area contributed by atoms with Gasteiger partial charge in [-0.1, -0.05) is 6.92 Å². The van der Waals surface area contributed by atoms with Gasteiger partial charge in [0.15, 0.2) is 5.65 Å². The molecular weight excluding hydrogens is 282 g/mol. The van der Waals surface area contributed by atoms with Gasteiger partial charge in [-0.3, -0.25) is 13.9 Å². The molecule has 7 heteroatoms. The predicted octanol–water partition coefficient (Wildman–Crippen LogP) is 1.30. The summed E-state index contributed by atoms with van der Waals surface area (Å²) in [5.41, 5.74) is 0.369. The second-order valence-corrected chi connectivity index (χ2v) is 5.93. The smallest absolute Gasteiger partial charge is 0.332 e. The lowest BCUT2D eigenvalue weighted by atomic mass is 10.2. The summed E-state index contributed by atoms with van der Waals surface area (Å²) < 4.78 is 2.92. The van der Waals surface area contributed by atoms with Crippen LogP contribution in [-0.4, -0.2) is 25.6 Å². The van der Waals surface area contributed by atoms with Crippen molar-refractivity contribution in [2.45, 2.75) is 58.7 Å². The molecule has 3 rings (SSSR count). The molecule has 2 aromatic heterocycles. The predicted molar refractivity (Wildman–Crippen MR) is 85.3 cm³/mol. The molecule has 7 nitrogen and oxygen atoms in total. The van der Waals surface area contributed by atoms with Crippen molar-refractivity contribution < 1.29 is 0 Å². The van der Waals surface area contributed by atoms with Gasteiger partial charge in [-0.15, -0.1) is 0 Å². The lowest BCUT2D eigenvalue weighted by Crippen LogP contribution is -2.40. The minimum absolute atomic E-state index is 0.00101. The van der Waals surface area contributed by atoms with Crippen LogP contribution in [0.4, 0.5) is 0 Å². The number of rotatable bonds is 4. The van der Waals surface area contributed by atoms with E-state index in [4.69, 9.17) is 0 Å². The summed E-state index contributed by atoms with van der Waals surface area (Å²) >= 11 is 0. The van der Waals surface area contributed by atoms with E-state index in [0.717, 1.165) is 31.6 Å². The Labute approximate surface area is 128 Å². The van der Waals surface area contributed by atoms with Crippen LogP contribution >= 0.6 is 0 Å². The molecule has 1 saturated heterocycles. The second-order valence-electron chi connectivity index (χ2n) is 5.93. The lowest BCUT2D eigenvalue weighted by Gasteiger charge is -2.15. The van der Waals surface area contributed by atoms with Gasteiger partial charge < -0.3 is 10.3 Å². The summed E-state index contributed by atoms with van der Waals surface area (Å²) in [6.07, 6.45) is 2.90. The molecule has 0 spiro atoms. The Morgan fingerprint density at radius 1 is 1.36 bits per heavy atom. The summed E-state index contributed by atoms with van der Waals surface area (Å²) in [6.45, 7) is 7.13. The normalized spacial score (nSPS) is 19.9. The van der Waals surface area contributed by atoms with E-state index in [1.165, 1.54) is 4.57 Å². The molecule has 3 heterocycles. The van der Waals surface area contributed by atoms with Crippen molar-refractivity contribution in [2.24, 2.45) is 0 Å². The van der Waals surface area contributed by atoms with E-state index in [0.29, 0.717) is 17.7 Å². The standard InChI is InChI=1S/C15H23N5O2/c1-4-9(3)20-13-11(14(21)19(5-2)15(20)22)17-12(18-13)10-7-6-8-16-10/h9-10,16H,4-8H2,1-3H3,(H,17,18). The summed E-state index contributed by atoms with van der Waals surface area (Å²) in [5.74, 6) is 0.759. The van der Waals surface area contributed by atoms with Crippen molar-refractivity contribution in [1.29, 1.82) is 0 Å². The zero-order valence-corrected chi connectivity index (χ0v) is 13.3. The monoisotopic (exact) mass is 305 g/mol. The van der Waals surface area contributed by atoms with Gasteiger partial charge in [0, 0.05) is 12.6 Å². The Kier molecular flexibility index (Phi) is 3.90. The van der Waals surface area contributed by atoms with E-state index in [-0.39, 0.29) is 23.3 Å². The summed E-state index contributed by atoms with van der Waals surface area (Å²) in [5, 5.41) is 3.37. The fourth-order valence-electron chi connectivity index (χ4n) is 3.09. The molecular formula is C15H23N5O2. The molecule has 0 aromatic carbocycles. The number of imidazole rings is 1. The zero-order chi connectivity index (χ0) is 15.9. The van der Waals surface area contributed by atoms with E-state index >= 15 is 0 Å². The first kappa shape index (κ1) is 15.0. The van der Waals surface area contributed by atoms with Gasteiger partial charge in [-0.2, -0.15) is 0 Å². The highest BCUT2D eigenvalue weighted by Crippen LogP contribution is 2.22. The number of H-pyrrole nitrogens is 1. The topological polar surface area (TPSA) is 84.7 Å². The van der Waals surface area contributed by atoms with Gasteiger partial charge in [0.2, 0.25) is 0 Å². The third-order valence-electron chi connectivity index (χ3n) is 4.57. The number of nitrogens with one attached hydrogen (secondary N) is 2. The molecule has 1 aliphatic rings. The maximum Gasteiger partial charge on any atom is 0.332 e. The summed E-state index contributed by atoms with van der Waals surface area (Å²) in [4.78, 5) is 32.9. The lowest BCUT2D eigenvalue weighted by molar-refractivity contribution is 0.489. The number of aromatic nitrogens is 4. The summed E-state index contributed by atoms with van der Waals surface area (Å²) in [7, 11) is 0. The highest BCUT2D eigenvalue weighted by atomic mass is 16.2. The van der Waals surface area contributed by atoms with Gasteiger partial charge in [-0.25, -0.2) is 9.78 Å². The average molecular weight is 305 g/mol. The zero-order valence-electron chi connectivity index (χ0n) is 13.3. The maximum atomic E-state index is 12.6. The molecule has 2 atom stereocenters. The van der Waals surface area contributed by atoms with Crippen LogP contribution in [-0.2, 0) is 6.54 Å². The summed E-state index contributed by atoms with van der Waals surface area (Å²) in [6, 6.07) is 0.142. The van der Waals surface area contributed by atoms with Crippen molar-refractivity contribution in [3.8, 4) is 0 Å². The van der Waals surface area contributed by atoms with Crippen molar-refractivity contribution in [3.63, 3.8) is 0 Å². The van der Waals surface area contributed by atoms with Crippen LogP contribution in [0.3, 0.4) is 0 Å². The number of hydrogen-bond donors (Lipinski definition) is 2. The maximum absolute atomic E-state index is 12.6. The van der Waals surface area contributed by atoms with Crippen molar-refractivity contribution in [3.05, 3.63) is 26.7 Å². The van der Waals surface area contributed by atoms with Gasteiger partial charge >= 0.3 is 5.69 Å². The van der Waals surface area contributed by atoms with Crippen molar-refractivity contribution in [1.82, 2.24) is 24.4 Å². The third-order valence-corrected chi connectivity index (χ3v) is 4.57. The SMILES string of the molecule is CCC(C)n1c(=O)n(CC)c(=O)c2[nH]c(C3CCCN3)nc21. The van der Waals surface area contributed by atoms with Crippen LogP contribution in [0.5, 0.6) is 0 Å². The van der Waals surface area contributed by atoms with Gasteiger partial charge in [0.1, 0.15) is 11.3 Å². The van der Waals surface area contributed by atoms with Crippen molar-refractivity contribution in [2.75, 3.05) is 6.54 Å². The number of nitrogens with zero attached hydrogens (tertiary/aromatic N) is 3. The average Bonchev–Trinajstić information content (AvgIpc) is 3.16. The van der Waals surface area contributed by atoms with Gasteiger partial charge in [0.25, 0.3) is 5.56 Å². The quantitative estimate of drug-likeness (QED) is 0.891. The molecule has 0 radical (unpaired) electrons. The van der Waals surface area contributed by atoms with E-state index < -0.39 is 0 Å². The first-order valence-corrected chi connectivity index (χ1v) is 8.06. The first-order chi connectivity index (χ1) is 10.6. The third kappa shape index (κ3) is 2.20. The number of fused-ring (bicyclic) bond motifs is 1. The molecule has 0 amide bonds. The fourth-order valence-corrected chi connectivity index (χ4v) is 3.09. The Bertz CT molecular complexity index is 795. The first-order valence-electron chi connectivity index (χ1n) is 8.06. The van der Waals surface area contributed by atoms with E-state index in [1.807, 2.05) is 20.8 Å². The molecule has 0 aliphatic carbocycles. The Morgan fingerprint density at radius 3 is 2.73 bits per heavy atom. The van der Waals surface area contributed by atoms with Crippen LogP contribution < -0.4 is 16.6 Å². The Morgan fingerprint density at radius 2 is 2.14 bits per heavy atom. The molecule has 2 N–H and O–H groups in total. The molecule has 120 valence electrons. The van der Waals surface area contributed by atoms with Crippen LogP contribution in [0, 0.1) is 0 Å². The number of aromatic amines is 1. The minimum atomic E-state index is -0.279. The second kappa shape index (κ2) is 5.72. The van der Waals surface area contributed by atoms with Crippen molar-refractivity contribution >= 4 is 11.2 Å². The van der Waals surface area contributed by atoms with Crippen LogP contribution in [0.1, 0.15) is 57.9 Å². The Balaban J connectivity index is 2.30. The molecule has 2 aromatic rings.